The molecule has 0 radical (unpaired) electrons. The van der Waals surface area contributed by atoms with Crippen molar-refractivity contribution in [2.75, 3.05) is 7.11 Å². The summed E-state index contributed by atoms with van der Waals surface area (Å²) >= 11 is 0. The SMILES string of the molecule is CO/C=C/c1nc2ccccc2n1C. The molecule has 14 heavy (non-hydrogen) atoms. The smallest absolute Gasteiger partial charge is 0.136 e. The molecule has 2 aromatic rings. The van der Waals surface area contributed by atoms with Crippen molar-refractivity contribution in [2.45, 2.75) is 0 Å². The molecular weight excluding hydrogens is 176 g/mol. The zero-order chi connectivity index (χ0) is 9.97. The Morgan fingerprint density at radius 2 is 2.14 bits per heavy atom. The second-order valence-corrected chi connectivity index (χ2v) is 3.06. The van der Waals surface area contributed by atoms with E-state index in [2.05, 4.69) is 4.98 Å². The van der Waals surface area contributed by atoms with Crippen LogP contribution in [0.3, 0.4) is 0 Å². The number of nitrogens with zero attached hydrogens (tertiary/aromatic N) is 2. The second-order valence-electron chi connectivity index (χ2n) is 3.06. The van der Waals surface area contributed by atoms with Gasteiger partial charge in [0.2, 0.25) is 0 Å². The predicted octanol–water partition coefficient (Wildman–Crippen LogP) is 2.19. The van der Waals surface area contributed by atoms with E-state index in [9.17, 15) is 0 Å². The van der Waals surface area contributed by atoms with Gasteiger partial charge in [-0.2, -0.15) is 0 Å². The van der Waals surface area contributed by atoms with Crippen molar-refractivity contribution >= 4 is 17.1 Å². The average molecular weight is 188 g/mol. The summed E-state index contributed by atoms with van der Waals surface area (Å²) in [5.41, 5.74) is 2.13. The molecule has 0 aliphatic carbocycles. The van der Waals surface area contributed by atoms with Crippen molar-refractivity contribution in [3.63, 3.8) is 0 Å². The molecule has 1 aromatic heterocycles. The molecule has 0 unspecified atom stereocenters. The first kappa shape index (κ1) is 8.81. The van der Waals surface area contributed by atoms with Gasteiger partial charge in [-0.05, 0) is 12.1 Å². The molecule has 1 aromatic carbocycles. The largest absolute Gasteiger partial charge is 0.504 e. The van der Waals surface area contributed by atoms with E-state index in [1.54, 1.807) is 13.4 Å². The van der Waals surface area contributed by atoms with Crippen LogP contribution in [0.1, 0.15) is 5.82 Å². The minimum absolute atomic E-state index is 0.896. The van der Waals surface area contributed by atoms with Crippen LogP contribution >= 0.6 is 0 Å². The molecule has 0 saturated heterocycles. The number of aryl methyl sites for hydroxylation is 1. The Balaban J connectivity index is 2.57. The van der Waals surface area contributed by atoms with Crippen molar-refractivity contribution in [2.24, 2.45) is 7.05 Å². The number of rotatable bonds is 2. The molecule has 3 heteroatoms. The molecule has 0 aliphatic heterocycles. The maximum absolute atomic E-state index is 4.86. The Morgan fingerprint density at radius 3 is 2.86 bits per heavy atom. The number of para-hydroxylation sites is 2. The minimum atomic E-state index is 0.896. The zero-order valence-electron chi connectivity index (χ0n) is 8.27. The van der Waals surface area contributed by atoms with Crippen LogP contribution < -0.4 is 0 Å². The van der Waals surface area contributed by atoms with Gasteiger partial charge in [0.15, 0.2) is 0 Å². The summed E-state index contributed by atoms with van der Waals surface area (Å²) in [5, 5.41) is 0. The normalized spacial score (nSPS) is 11.3. The fraction of sp³-hybridized carbons (Fsp3) is 0.182. The number of methoxy groups -OCH3 is 1. The topological polar surface area (TPSA) is 27.1 Å². The van der Waals surface area contributed by atoms with Crippen molar-refractivity contribution in [3.05, 3.63) is 36.4 Å². The average Bonchev–Trinajstić information content (AvgIpc) is 2.54. The molecule has 0 amide bonds. The highest BCUT2D eigenvalue weighted by Gasteiger charge is 2.02. The molecule has 72 valence electrons. The first-order valence-corrected chi connectivity index (χ1v) is 4.43. The van der Waals surface area contributed by atoms with E-state index in [0.29, 0.717) is 0 Å². The summed E-state index contributed by atoms with van der Waals surface area (Å²) in [6.07, 6.45) is 3.47. The van der Waals surface area contributed by atoms with Crippen LogP contribution in [0.25, 0.3) is 17.1 Å². The molecule has 2 rings (SSSR count). The Morgan fingerprint density at radius 1 is 1.36 bits per heavy atom. The van der Waals surface area contributed by atoms with Crippen LogP contribution in [0.4, 0.5) is 0 Å². The van der Waals surface area contributed by atoms with Crippen LogP contribution in [-0.2, 0) is 11.8 Å². The van der Waals surface area contributed by atoms with Gasteiger partial charge in [0, 0.05) is 13.1 Å². The van der Waals surface area contributed by atoms with Crippen molar-refractivity contribution in [3.8, 4) is 0 Å². The number of aromatic nitrogens is 2. The fourth-order valence-electron chi connectivity index (χ4n) is 1.44. The lowest BCUT2D eigenvalue weighted by Crippen LogP contribution is -1.90. The quantitative estimate of drug-likeness (QED) is 0.675. The van der Waals surface area contributed by atoms with E-state index in [4.69, 9.17) is 4.74 Å². The molecule has 0 aliphatic rings. The Labute approximate surface area is 82.6 Å². The van der Waals surface area contributed by atoms with Crippen molar-refractivity contribution < 1.29 is 4.74 Å². The molecule has 0 atom stereocenters. The number of hydrogen-bond donors (Lipinski definition) is 0. The van der Waals surface area contributed by atoms with E-state index >= 15 is 0 Å². The summed E-state index contributed by atoms with van der Waals surface area (Å²) in [6.45, 7) is 0. The summed E-state index contributed by atoms with van der Waals surface area (Å²) < 4.78 is 6.90. The number of benzene rings is 1. The Hall–Kier alpha value is -1.77. The molecule has 0 fully saturated rings. The van der Waals surface area contributed by atoms with E-state index < -0.39 is 0 Å². The van der Waals surface area contributed by atoms with Crippen LogP contribution in [0.5, 0.6) is 0 Å². The van der Waals surface area contributed by atoms with Gasteiger partial charge in [0.25, 0.3) is 0 Å². The maximum atomic E-state index is 4.86. The highest BCUT2D eigenvalue weighted by atomic mass is 16.5. The molecule has 0 saturated carbocycles. The van der Waals surface area contributed by atoms with Gasteiger partial charge in [0.05, 0.1) is 24.4 Å². The lowest BCUT2D eigenvalue weighted by molar-refractivity contribution is 0.341. The third kappa shape index (κ3) is 1.37. The molecule has 1 heterocycles. The maximum Gasteiger partial charge on any atom is 0.136 e. The summed E-state index contributed by atoms with van der Waals surface area (Å²) in [6, 6.07) is 8.04. The number of fused-ring (bicyclic) bond motifs is 1. The third-order valence-electron chi connectivity index (χ3n) is 2.17. The summed E-state index contributed by atoms with van der Waals surface area (Å²) in [5.74, 6) is 0.896. The summed E-state index contributed by atoms with van der Waals surface area (Å²) in [7, 11) is 3.61. The molecule has 0 spiro atoms. The first-order valence-electron chi connectivity index (χ1n) is 4.43. The zero-order valence-corrected chi connectivity index (χ0v) is 8.27. The van der Waals surface area contributed by atoms with Gasteiger partial charge in [0.1, 0.15) is 5.82 Å². The van der Waals surface area contributed by atoms with Gasteiger partial charge in [-0.25, -0.2) is 4.98 Å². The number of imidazole rings is 1. The lowest BCUT2D eigenvalue weighted by atomic mass is 10.3. The van der Waals surface area contributed by atoms with Crippen LogP contribution in [0.2, 0.25) is 0 Å². The standard InChI is InChI=1S/C11H12N2O/c1-13-10-6-4-3-5-9(10)12-11(13)7-8-14-2/h3-8H,1-2H3/b8-7+. The third-order valence-corrected chi connectivity index (χ3v) is 2.17. The molecule has 0 bridgehead atoms. The van der Waals surface area contributed by atoms with Gasteiger partial charge < -0.3 is 9.30 Å². The van der Waals surface area contributed by atoms with Crippen LogP contribution in [0, 0.1) is 0 Å². The van der Waals surface area contributed by atoms with Crippen molar-refractivity contribution in [1.29, 1.82) is 0 Å². The van der Waals surface area contributed by atoms with E-state index in [-0.39, 0.29) is 0 Å². The monoisotopic (exact) mass is 188 g/mol. The van der Waals surface area contributed by atoms with E-state index in [1.165, 1.54) is 0 Å². The highest BCUT2D eigenvalue weighted by Crippen LogP contribution is 2.14. The molecule has 3 nitrogen and oxygen atoms in total. The first-order chi connectivity index (χ1) is 6.83. The Kier molecular flexibility index (Phi) is 2.23. The molecule has 0 N–H and O–H groups in total. The molecular formula is C11H12N2O. The highest BCUT2D eigenvalue weighted by molar-refractivity contribution is 5.77. The number of hydrogen-bond acceptors (Lipinski definition) is 2. The van der Waals surface area contributed by atoms with E-state index in [1.807, 2.05) is 42.0 Å². The summed E-state index contributed by atoms with van der Waals surface area (Å²) in [4.78, 5) is 4.45. The fourth-order valence-corrected chi connectivity index (χ4v) is 1.44. The number of ether oxygens (including phenoxy) is 1. The minimum Gasteiger partial charge on any atom is -0.504 e. The predicted molar refractivity (Wildman–Crippen MR) is 56.8 cm³/mol. The van der Waals surface area contributed by atoms with Crippen LogP contribution in [-0.4, -0.2) is 16.7 Å². The lowest BCUT2D eigenvalue weighted by Gasteiger charge is -1.95. The van der Waals surface area contributed by atoms with Gasteiger partial charge in [-0.15, -0.1) is 0 Å². The van der Waals surface area contributed by atoms with Crippen molar-refractivity contribution in [1.82, 2.24) is 9.55 Å². The Bertz CT molecular complexity index is 471. The second kappa shape index (κ2) is 3.54. The van der Waals surface area contributed by atoms with Gasteiger partial charge in [-0.3, -0.25) is 0 Å². The van der Waals surface area contributed by atoms with Gasteiger partial charge >= 0.3 is 0 Å². The van der Waals surface area contributed by atoms with E-state index in [0.717, 1.165) is 16.9 Å². The van der Waals surface area contributed by atoms with Gasteiger partial charge in [-0.1, -0.05) is 12.1 Å². The van der Waals surface area contributed by atoms with Crippen LogP contribution in [0.15, 0.2) is 30.5 Å².